The van der Waals surface area contributed by atoms with Crippen LogP contribution in [0, 0.1) is 11.8 Å². The number of hydrogen-bond acceptors (Lipinski definition) is 5. The third-order valence-electron chi connectivity index (χ3n) is 3.62. The lowest BCUT2D eigenvalue weighted by atomic mass is 10.0. The second-order valence-corrected chi connectivity index (χ2v) is 7.32. The van der Waals surface area contributed by atoms with Gasteiger partial charge >= 0.3 is 24.2 Å². The molecule has 0 radical (unpaired) electrons. The molecule has 0 aliphatic carbocycles. The normalized spacial score (nSPS) is 14.3. The van der Waals surface area contributed by atoms with Crippen LogP contribution in [0.3, 0.4) is 0 Å². The summed E-state index contributed by atoms with van der Waals surface area (Å²) in [6.45, 7) is 4.62. The Bertz CT molecular complexity index is 567. The van der Waals surface area contributed by atoms with Crippen molar-refractivity contribution < 1.29 is 45.8 Å². The predicted octanol–water partition coefficient (Wildman–Crippen LogP) is 3.03. The van der Waals surface area contributed by atoms with Crippen LogP contribution in [0.5, 0.6) is 0 Å². The molecule has 2 amide bonds. The van der Waals surface area contributed by atoms with Gasteiger partial charge in [-0.2, -0.15) is 22.0 Å². The van der Waals surface area contributed by atoms with E-state index in [1.165, 1.54) is 0 Å². The standard InChI is InChI=1S/C17H27F5N2O5/c1-9(2)6-11(24-15(27)28-5)13(25)23-12(7-10(3)4)14(26)29-8-16(18,19)17(20,21)22/h9-12H,6-8H2,1-5H3,(H,23,25)(H,24,27). The SMILES string of the molecule is COC(=O)NC(CC(C)C)C(=O)NC(CC(C)C)C(=O)OCC(F)(F)C(F)(F)F. The summed E-state index contributed by atoms with van der Waals surface area (Å²) in [6.07, 6.45) is -6.69. The van der Waals surface area contributed by atoms with Crippen molar-refractivity contribution in [1.29, 1.82) is 0 Å². The summed E-state index contributed by atoms with van der Waals surface area (Å²) in [7, 11) is 1.08. The molecule has 0 aliphatic heterocycles. The Morgan fingerprint density at radius 2 is 1.34 bits per heavy atom. The number of carbonyl (C=O) groups excluding carboxylic acids is 3. The van der Waals surface area contributed by atoms with Gasteiger partial charge in [0.05, 0.1) is 7.11 Å². The Kier molecular flexibility index (Phi) is 10.3. The molecule has 0 aromatic heterocycles. The Labute approximate surface area is 165 Å². The zero-order valence-electron chi connectivity index (χ0n) is 16.9. The smallest absolute Gasteiger partial charge is 0.456 e. The van der Waals surface area contributed by atoms with Gasteiger partial charge in [0.15, 0.2) is 6.61 Å². The zero-order valence-corrected chi connectivity index (χ0v) is 16.9. The Hall–Kier alpha value is -2.14. The van der Waals surface area contributed by atoms with Crippen LogP contribution in [0.4, 0.5) is 26.7 Å². The number of rotatable bonds is 10. The first kappa shape index (κ1) is 26.9. The van der Waals surface area contributed by atoms with E-state index in [0.717, 1.165) is 7.11 Å². The Balaban J connectivity index is 5.26. The lowest BCUT2D eigenvalue weighted by Gasteiger charge is -2.25. The average Bonchev–Trinajstić information content (AvgIpc) is 2.56. The van der Waals surface area contributed by atoms with Crippen molar-refractivity contribution in [2.45, 2.75) is 64.7 Å². The maximum Gasteiger partial charge on any atom is 0.456 e. The minimum atomic E-state index is -5.88. The molecule has 0 saturated carbocycles. The van der Waals surface area contributed by atoms with Crippen molar-refractivity contribution in [3.63, 3.8) is 0 Å². The lowest BCUT2D eigenvalue weighted by Crippen LogP contribution is -2.53. The van der Waals surface area contributed by atoms with Crippen molar-refractivity contribution in [2.75, 3.05) is 13.7 Å². The van der Waals surface area contributed by atoms with E-state index in [1.807, 2.05) is 0 Å². The number of methoxy groups -OCH3 is 1. The molecule has 12 heteroatoms. The summed E-state index contributed by atoms with van der Waals surface area (Å²) in [5.74, 6) is -7.76. The maximum absolute atomic E-state index is 13.0. The molecular formula is C17H27F5N2O5. The third-order valence-corrected chi connectivity index (χ3v) is 3.62. The van der Waals surface area contributed by atoms with Gasteiger partial charge in [-0.25, -0.2) is 9.59 Å². The molecule has 170 valence electrons. The van der Waals surface area contributed by atoms with Crippen LogP contribution in [-0.2, 0) is 19.1 Å². The number of carbonyl (C=O) groups is 3. The van der Waals surface area contributed by atoms with Gasteiger partial charge in [0, 0.05) is 0 Å². The Morgan fingerprint density at radius 3 is 1.76 bits per heavy atom. The van der Waals surface area contributed by atoms with E-state index < -0.39 is 48.8 Å². The van der Waals surface area contributed by atoms with E-state index in [-0.39, 0.29) is 24.7 Å². The van der Waals surface area contributed by atoms with E-state index in [4.69, 9.17) is 0 Å². The van der Waals surface area contributed by atoms with Gasteiger partial charge in [-0.1, -0.05) is 27.7 Å². The molecular weight excluding hydrogens is 407 g/mol. The fraction of sp³-hybridized carbons (Fsp3) is 0.824. The number of esters is 1. The van der Waals surface area contributed by atoms with Crippen LogP contribution in [-0.4, -0.2) is 55.9 Å². The second kappa shape index (κ2) is 11.1. The number of ether oxygens (including phenoxy) is 2. The Morgan fingerprint density at radius 1 is 0.862 bits per heavy atom. The van der Waals surface area contributed by atoms with E-state index in [0.29, 0.717) is 0 Å². The van der Waals surface area contributed by atoms with Gasteiger partial charge in [-0.3, -0.25) is 4.79 Å². The molecule has 7 nitrogen and oxygen atoms in total. The summed E-state index contributed by atoms with van der Waals surface area (Å²) in [4.78, 5) is 35.9. The monoisotopic (exact) mass is 434 g/mol. The van der Waals surface area contributed by atoms with Crippen LogP contribution in [0.1, 0.15) is 40.5 Å². The summed E-state index contributed by atoms with van der Waals surface area (Å²) in [5, 5.41) is 4.53. The molecule has 0 aromatic carbocycles. The highest BCUT2D eigenvalue weighted by atomic mass is 19.4. The summed E-state index contributed by atoms with van der Waals surface area (Å²) < 4.78 is 71.2. The predicted molar refractivity (Wildman–Crippen MR) is 92.1 cm³/mol. The van der Waals surface area contributed by atoms with Crippen LogP contribution in [0.25, 0.3) is 0 Å². The van der Waals surface area contributed by atoms with Gasteiger partial charge in [-0.15, -0.1) is 0 Å². The zero-order chi connectivity index (χ0) is 23.0. The molecule has 2 unspecified atom stereocenters. The fourth-order valence-electron chi connectivity index (χ4n) is 2.21. The first-order valence-electron chi connectivity index (χ1n) is 8.86. The number of amides is 2. The van der Waals surface area contributed by atoms with Crippen molar-refractivity contribution in [1.82, 2.24) is 10.6 Å². The quantitative estimate of drug-likeness (QED) is 0.407. The molecule has 2 atom stereocenters. The van der Waals surface area contributed by atoms with Crippen molar-refractivity contribution in [3.05, 3.63) is 0 Å². The van der Waals surface area contributed by atoms with Crippen LogP contribution < -0.4 is 10.6 Å². The van der Waals surface area contributed by atoms with Gasteiger partial charge in [-0.05, 0) is 24.7 Å². The number of hydrogen-bond donors (Lipinski definition) is 2. The molecule has 0 rings (SSSR count). The summed E-state index contributed by atoms with van der Waals surface area (Å²) in [6, 6.07) is -2.58. The average molecular weight is 434 g/mol. The molecule has 0 saturated heterocycles. The largest absolute Gasteiger partial charge is 0.457 e. The first-order valence-corrected chi connectivity index (χ1v) is 8.86. The third kappa shape index (κ3) is 9.75. The van der Waals surface area contributed by atoms with Crippen molar-refractivity contribution in [2.24, 2.45) is 11.8 Å². The van der Waals surface area contributed by atoms with Crippen molar-refractivity contribution in [3.8, 4) is 0 Å². The lowest BCUT2D eigenvalue weighted by molar-refractivity contribution is -0.294. The molecule has 29 heavy (non-hydrogen) atoms. The van der Waals surface area contributed by atoms with E-state index in [9.17, 15) is 36.3 Å². The highest BCUT2D eigenvalue weighted by molar-refractivity contribution is 5.89. The highest BCUT2D eigenvalue weighted by Gasteiger charge is 2.58. The number of alkyl halides is 5. The van der Waals surface area contributed by atoms with Gasteiger partial charge in [0.1, 0.15) is 12.1 Å². The second-order valence-electron chi connectivity index (χ2n) is 7.32. The highest BCUT2D eigenvalue weighted by Crippen LogP contribution is 2.35. The van der Waals surface area contributed by atoms with E-state index in [1.54, 1.807) is 27.7 Å². The van der Waals surface area contributed by atoms with Crippen LogP contribution in [0.2, 0.25) is 0 Å². The molecule has 0 aliphatic rings. The van der Waals surface area contributed by atoms with Gasteiger partial charge < -0.3 is 20.1 Å². The van der Waals surface area contributed by atoms with Gasteiger partial charge in [0.2, 0.25) is 5.91 Å². The maximum atomic E-state index is 13.0. The minimum Gasteiger partial charge on any atom is -0.457 e. The minimum absolute atomic E-state index is 0.0520. The topological polar surface area (TPSA) is 93.7 Å². The number of alkyl carbamates (subject to hydrolysis) is 1. The first-order chi connectivity index (χ1) is 13.1. The molecule has 0 aromatic rings. The number of nitrogens with one attached hydrogen (secondary N) is 2. The van der Waals surface area contributed by atoms with Crippen LogP contribution >= 0.6 is 0 Å². The van der Waals surface area contributed by atoms with E-state index >= 15 is 0 Å². The molecule has 0 fully saturated rings. The fourth-order valence-corrected chi connectivity index (χ4v) is 2.21. The molecule has 2 N–H and O–H groups in total. The molecule has 0 heterocycles. The van der Waals surface area contributed by atoms with Gasteiger partial charge in [0.25, 0.3) is 0 Å². The molecule has 0 bridgehead atoms. The van der Waals surface area contributed by atoms with Crippen molar-refractivity contribution >= 4 is 18.0 Å². The van der Waals surface area contributed by atoms with E-state index in [2.05, 4.69) is 20.1 Å². The molecule has 0 spiro atoms. The number of halogens is 5. The summed E-state index contributed by atoms with van der Waals surface area (Å²) in [5.41, 5.74) is 0. The summed E-state index contributed by atoms with van der Waals surface area (Å²) >= 11 is 0. The van der Waals surface area contributed by atoms with Crippen LogP contribution in [0.15, 0.2) is 0 Å².